The molecular weight excluding hydrogens is 370 g/mol. The smallest absolute Gasteiger partial charge is 0.227 e. The fraction of sp³-hybridized carbons (Fsp3) is 0.118. The molecule has 9 heteroatoms. The monoisotopic (exact) mass is 383 g/mol. The number of nitrogens with one attached hydrogen (secondary N) is 1. The van der Waals surface area contributed by atoms with Crippen LogP contribution in [-0.2, 0) is 11.2 Å². The molecular formula is C17H13N5O2S2. The third-order valence-corrected chi connectivity index (χ3v) is 5.08. The minimum atomic E-state index is -0.170. The van der Waals surface area contributed by atoms with Crippen LogP contribution in [0.2, 0.25) is 0 Å². The number of hydrogen-bond acceptors (Lipinski definition) is 8. The topological polar surface area (TPSA) is 93.8 Å². The molecule has 0 saturated heterocycles. The third kappa shape index (κ3) is 3.84. The van der Waals surface area contributed by atoms with E-state index in [9.17, 15) is 4.79 Å². The van der Waals surface area contributed by atoms with Crippen LogP contribution in [-0.4, -0.2) is 26.2 Å². The second-order valence-corrected chi connectivity index (χ2v) is 7.11. The summed E-state index contributed by atoms with van der Waals surface area (Å²) in [6.07, 6.45) is 0.596. The molecule has 0 bridgehead atoms. The summed E-state index contributed by atoms with van der Waals surface area (Å²) in [6.45, 7) is 0. The second kappa shape index (κ2) is 7.54. The Bertz CT molecular complexity index is 995. The van der Waals surface area contributed by atoms with E-state index in [1.807, 2.05) is 47.2 Å². The fourth-order valence-corrected chi connectivity index (χ4v) is 3.64. The third-order valence-electron chi connectivity index (χ3n) is 3.51. The average Bonchev–Trinajstić information content (AvgIpc) is 3.41. The minimum Gasteiger partial charge on any atom is -0.339 e. The van der Waals surface area contributed by atoms with Gasteiger partial charge in [0.1, 0.15) is 5.01 Å². The van der Waals surface area contributed by atoms with Crippen LogP contribution in [0.25, 0.3) is 22.0 Å². The number of hydrogen-bond donors (Lipinski definition) is 1. The van der Waals surface area contributed by atoms with Crippen molar-refractivity contribution >= 4 is 33.7 Å². The van der Waals surface area contributed by atoms with Gasteiger partial charge in [0.15, 0.2) is 0 Å². The molecule has 0 aliphatic carbocycles. The second-order valence-electron chi connectivity index (χ2n) is 5.35. The molecule has 130 valence electrons. The van der Waals surface area contributed by atoms with Crippen molar-refractivity contribution in [3.8, 4) is 22.0 Å². The van der Waals surface area contributed by atoms with Gasteiger partial charge in [0, 0.05) is 29.3 Å². The Morgan fingerprint density at radius 1 is 1.12 bits per heavy atom. The number of amides is 1. The molecule has 1 N–H and O–H groups in total. The van der Waals surface area contributed by atoms with Crippen LogP contribution in [0.5, 0.6) is 0 Å². The Kier molecular flexibility index (Phi) is 4.80. The first-order valence-corrected chi connectivity index (χ1v) is 9.58. The molecule has 1 amide bonds. The van der Waals surface area contributed by atoms with E-state index in [1.165, 1.54) is 11.3 Å². The van der Waals surface area contributed by atoms with Gasteiger partial charge in [-0.25, -0.2) is 0 Å². The summed E-state index contributed by atoms with van der Waals surface area (Å²) in [5, 5.41) is 19.9. The first kappa shape index (κ1) is 16.6. The van der Waals surface area contributed by atoms with Gasteiger partial charge in [0.25, 0.3) is 0 Å². The molecule has 4 aromatic rings. The Labute approximate surface area is 156 Å². The Morgan fingerprint density at radius 2 is 2.00 bits per heavy atom. The number of nitrogens with zero attached hydrogens (tertiary/aromatic N) is 4. The fourth-order valence-electron chi connectivity index (χ4n) is 2.24. The summed E-state index contributed by atoms with van der Waals surface area (Å²) in [7, 11) is 0. The van der Waals surface area contributed by atoms with E-state index in [1.54, 1.807) is 11.3 Å². The van der Waals surface area contributed by atoms with Crippen molar-refractivity contribution < 1.29 is 9.32 Å². The molecule has 0 radical (unpaired) electrons. The zero-order valence-corrected chi connectivity index (χ0v) is 15.1. The zero-order valence-electron chi connectivity index (χ0n) is 13.5. The van der Waals surface area contributed by atoms with Gasteiger partial charge in [-0.3, -0.25) is 4.79 Å². The van der Waals surface area contributed by atoms with E-state index in [4.69, 9.17) is 4.52 Å². The first-order valence-electron chi connectivity index (χ1n) is 7.82. The number of benzene rings is 1. The van der Waals surface area contributed by atoms with Crippen molar-refractivity contribution in [3.05, 3.63) is 53.0 Å². The van der Waals surface area contributed by atoms with Gasteiger partial charge in [-0.1, -0.05) is 46.8 Å². The Hall–Kier alpha value is -2.91. The maximum absolute atomic E-state index is 12.1. The maximum Gasteiger partial charge on any atom is 0.227 e. The molecule has 4 rings (SSSR count). The highest BCUT2D eigenvalue weighted by Crippen LogP contribution is 2.26. The molecule has 0 aliphatic heterocycles. The minimum absolute atomic E-state index is 0.170. The highest BCUT2D eigenvalue weighted by atomic mass is 32.1. The molecule has 1 aromatic carbocycles. The summed E-state index contributed by atoms with van der Waals surface area (Å²) in [4.78, 5) is 16.4. The number of aromatic nitrogens is 4. The van der Waals surface area contributed by atoms with Crippen molar-refractivity contribution in [1.29, 1.82) is 0 Å². The summed E-state index contributed by atoms with van der Waals surface area (Å²) < 4.78 is 5.19. The van der Waals surface area contributed by atoms with Gasteiger partial charge in [-0.15, -0.1) is 10.2 Å². The molecule has 3 heterocycles. The van der Waals surface area contributed by atoms with Crippen molar-refractivity contribution in [2.75, 3.05) is 5.32 Å². The van der Waals surface area contributed by atoms with Gasteiger partial charge in [-0.05, 0) is 11.4 Å². The predicted molar refractivity (Wildman–Crippen MR) is 99.9 cm³/mol. The lowest BCUT2D eigenvalue weighted by molar-refractivity contribution is -0.116. The Balaban J connectivity index is 1.33. The number of rotatable bonds is 6. The number of anilines is 1. The van der Waals surface area contributed by atoms with Crippen LogP contribution in [0.15, 0.2) is 51.7 Å². The SMILES string of the molecule is O=C(CCc1nc(-c2ccsc2)no1)Nc1nnc(-c2ccccc2)s1. The molecule has 3 aromatic heterocycles. The summed E-state index contributed by atoms with van der Waals surface area (Å²) in [5.41, 5.74) is 1.88. The Morgan fingerprint density at radius 3 is 2.81 bits per heavy atom. The molecule has 0 spiro atoms. The van der Waals surface area contributed by atoms with Crippen molar-refractivity contribution in [1.82, 2.24) is 20.3 Å². The molecule has 0 saturated carbocycles. The normalized spacial score (nSPS) is 10.8. The van der Waals surface area contributed by atoms with Crippen LogP contribution in [0.1, 0.15) is 12.3 Å². The van der Waals surface area contributed by atoms with E-state index < -0.39 is 0 Å². The lowest BCUT2D eigenvalue weighted by Crippen LogP contribution is -2.12. The van der Waals surface area contributed by atoms with Gasteiger partial charge in [0.05, 0.1) is 0 Å². The van der Waals surface area contributed by atoms with E-state index >= 15 is 0 Å². The summed E-state index contributed by atoms with van der Waals surface area (Å²) in [5.74, 6) is 0.804. The lowest BCUT2D eigenvalue weighted by Gasteiger charge is -1.98. The number of carbonyl (C=O) groups is 1. The molecule has 0 aliphatic rings. The molecule has 0 atom stereocenters. The van der Waals surface area contributed by atoms with E-state index in [0.717, 1.165) is 16.1 Å². The number of aryl methyl sites for hydroxylation is 1. The molecule has 0 unspecified atom stereocenters. The molecule has 7 nitrogen and oxygen atoms in total. The van der Waals surface area contributed by atoms with E-state index in [2.05, 4.69) is 25.7 Å². The maximum atomic E-state index is 12.1. The van der Waals surface area contributed by atoms with Gasteiger partial charge >= 0.3 is 0 Å². The van der Waals surface area contributed by atoms with Gasteiger partial charge in [0.2, 0.25) is 22.8 Å². The van der Waals surface area contributed by atoms with Crippen LogP contribution < -0.4 is 5.32 Å². The highest BCUT2D eigenvalue weighted by molar-refractivity contribution is 7.18. The summed E-state index contributed by atoms with van der Waals surface area (Å²) in [6, 6.07) is 11.6. The lowest BCUT2D eigenvalue weighted by atomic mass is 10.2. The predicted octanol–water partition coefficient (Wildman–Crippen LogP) is 3.89. The van der Waals surface area contributed by atoms with E-state index in [-0.39, 0.29) is 12.3 Å². The standard InChI is InChI=1S/C17H13N5O2S2/c23-13(6-7-14-19-15(22-24-14)12-8-9-25-10-12)18-17-21-20-16(26-17)11-4-2-1-3-5-11/h1-5,8-10H,6-7H2,(H,18,21,23). The van der Waals surface area contributed by atoms with Crippen LogP contribution >= 0.6 is 22.7 Å². The van der Waals surface area contributed by atoms with E-state index in [0.29, 0.717) is 23.3 Å². The van der Waals surface area contributed by atoms with Crippen molar-refractivity contribution in [2.45, 2.75) is 12.8 Å². The molecule has 26 heavy (non-hydrogen) atoms. The first-order chi connectivity index (χ1) is 12.8. The van der Waals surface area contributed by atoms with Crippen molar-refractivity contribution in [3.63, 3.8) is 0 Å². The largest absolute Gasteiger partial charge is 0.339 e. The quantitative estimate of drug-likeness (QED) is 0.543. The van der Waals surface area contributed by atoms with Gasteiger partial charge < -0.3 is 9.84 Å². The highest BCUT2D eigenvalue weighted by Gasteiger charge is 2.13. The van der Waals surface area contributed by atoms with Crippen LogP contribution in [0.3, 0.4) is 0 Å². The number of thiophene rings is 1. The number of carbonyl (C=O) groups excluding carboxylic acids is 1. The zero-order chi connectivity index (χ0) is 17.8. The van der Waals surface area contributed by atoms with Crippen LogP contribution in [0, 0.1) is 0 Å². The van der Waals surface area contributed by atoms with Gasteiger partial charge in [-0.2, -0.15) is 16.3 Å². The van der Waals surface area contributed by atoms with Crippen LogP contribution in [0.4, 0.5) is 5.13 Å². The molecule has 0 fully saturated rings. The van der Waals surface area contributed by atoms with Crippen molar-refractivity contribution in [2.24, 2.45) is 0 Å². The summed E-state index contributed by atoms with van der Waals surface area (Å²) >= 11 is 2.90. The average molecular weight is 383 g/mol.